The molecule has 0 fully saturated rings. The molecular weight excluding hydrogens is 238 g/mol. The van der Waals surface area contributed by atoms with Gasteiger partial charge in [-0.25, -0.2) is 4.79 Å². The van der Waals surface area contributed by atoms with Crippen LogP contribution < -0.4 is 10.6 Å². The van der Waals surface area contributed by atoms with E-state index in [4.69, 9.17) is 0 Å². The highest BCUT2D eigenvalue weighted by Gasteiger charge is 2.11. The minimum Gasteiger partial charge on any atom is -0.346 e. The Morgan fingerprint density at radius 3 is 2.42 bits per heavy atom. The van der Waals surface area contributed by atoms with Gasteiger partial charge in [0.2, 0.25) is 0 Å². The predicted octanol–water partition coefficient (Wildman–Crippen LogP) is 2.94. The zero-order valence-corrected chi connectivity index (χ0v) is 12.8. The van der Waals surface area contributed by atoms with E-state index in [-0.39, 0.29) is 6.03 Å². The number of nitrogens with one attached hydrogen (secondary N) is 2. The van der Waals surface area contributed by atoms with Crippen molar-refractivity contribution in [1.29, 1.82) is 0 Å². The van der Waals surface area contributed by atoms with Gasteiger partial charge in [0, 0.05) is 30.5 Å². The fraction of sp³-hybridized carbons (Fsp3) is 0.667. The third-order valence-corrected chi connectivity index (χ3v) is 3.32. The minimum absolute atomic E-state index is 0.0699. The first kappa shape index (κ1) is 15.6. The van der Waals surface area contributed by atoms with Gasteiger partial charge in [0.05, 0.1) is 0 Å². The standard InChI is InChI=1S/C15H27N3O/c1-6-8-16-15(19)17-9-7-14-10-12(4)18(11(2)3)13(14)5/h10-11H,6-9H2,1-5H3,(H2,16,17,19). The van der Waals surface area contributed by atoms with Crippen LogP contribution in [-0.4, -0.2) is 23.7 Å². The van der Waals surface area contributed by atoms with Crippen LogP contribution in [0.2, 0.25) is 0 Å². The van der Waals surface area contributed by atoms with Crippen LogP contribution >= 0.6 is 0 Å². The van der Waals surface area contributed by atoms with E-state index in [2.05, 4.69) is 49.0 Å². The van der Waals surface area contributed by atoms with Gasteiger partial charge in [-0.1, -0.05) is 6.92 Å². The highest BCUT2D eigenvalue weighted by molar-refractivity contribution is 5.73. The molecule has 4 nitrogen and oxygen atoms in total. The molecule has 0 saturated carbocycles. The second-order valence-corrected chi connectivity index (χ2v) is 5.29. The van der Waals surface area contributed by atoms with E-state index in [0.29, 0.717) is 12.6 Å². The molecule has 0 radical (unpaired) electrons. The molecule has 0 unspecified atom stereocenters. The largest absolute Gasteiger partial charge is 0.346 e. The summed E-state index contributed by atoms with van der Waals surface area (Å²) >= 11 is 0. The molecule has 1 rings (SSSR count). The van der Waals surface area contributed by atoms with E-state index in [1.807, 2.05) is 6.92 Å². The summed E-state index contributed by atoms with van der Waals surface area (Å²) in [6.07, 6.45) is 1.84. The molecule has 1 heterocycles. The second-order valence-electron chi connectivity index (χ2n) is 5.29. The highest BCUT2D eigenvalue weighted by atomic mass is 16.2. The first-order valence-corrected chi connectivity index (χ1v) is 7.16. The smallest absolute Gasteiger partial charge is 0.314 e. The summed E-state index contributed by atoms with van der Waals surface area (Å²) in [6, 6.07) is 2.63. The van der Waals surface area contributed by atoms with Gasteiger partial charge in [0.1, 0.15) is 0 Å². The van der Waals surface area contributed by atoms with Crippen molar-refractivity contribution in [3.8, 4) is 0 Å². The van der Waals surface area contributed by atoms with Gasteiger partial charge in [-0.3, -0.25) is 0 Å². The molecule has 0 bridgehead atoms. The molecule has 0 saturated heterocycles. The second kappa shape index (κ2) is 7.22. The fourth-order valence-corrected chi connectivity index (χ4v) is 2.50. The number of aryl methyl sites for hydroxylation is 1. The maximum atomic E-state index is 11.4. The number of nitrogens with zero attached hydrogens (tertiary/aromatic N) is 1. The number of hydrogen-bond donors (Lipinski definition) is 2. The molecular formula is C15H27N3O. The lowest BCUT2D eigenvalue weighted by molar-refractivity contribution is 0.241. The van der Waals surface area contributed by atoms with Gasteiger partial charge in [-0.05, 0) is 52.2 Å². The lowest BCUT2D eigenvalue weighted by Crippen LogP contribution is -2.36. The summed E-state index contributed by atoms with van der Waals surface area (Å²) in [6.45, 7) is 12.1. The zero-order valence-electron chi connectivity index (χ0n) is 12.8. The first-order valence-electron chi connectivity index (χ1n) is 7.16. The van der Waals surface area contributed by atoms with Gasteiger partial charge in [0.15, 0.2) is 0 Å². The van der Waals surface area contributed by atoms with Crippen LogP contribution in [0.5, 0.6) is 0 Å². The highest BCUT2D eigenvalue weighted by Crippen LogP contribution is 2.20. The van der Waals surface area contributed by atoms with Crippen molar-refractivity contribution in [3.63, 3.8) is 0 Å². The summed E-state index contributed by atoms with van der Waals surface area (Å²) in [7, 11) is 0. The van der Waals surface area contributed by atoms with Gasteiger partial charge in [-0.2, -0.15) is 0 Å². The van der Waals surface area contributed by atoms with E-state index in [1.165, 1.54) is 17.0 Å². The Bertz CT molecular complexity index is 421. The molecule has 19 heavy (non-hydrogen) atoms. The number of carbonyl (C=O) groups is 1. The fourth-order valence-electron chi connectivity index (χ4n) is 2.50. The molecule has 1 aromatic heterocycles. The average molecular weight is 265 g/mol. The predicted molar refractivity (Wildman–Crippen MR) is 79.7 cm³/mol. The van der Waals surface area contributed by atoms with Crippen molar-refractivity contribution in [2.24, 2.45) is 0 Å². The SMILES string of the molecule is CCCNC(=O)NCCc1cc(C)n(C(C)C)c1C. The molecule has 2 amide bonds. The van der Waals surface area contributed by atoms with Crippen LogP contribution in [0.1, 0.15) is 50.2 Å². The molecule has 0 aliphatic heterocycles. The van der Waals surface area contributed by atoms with Gasteiger partial charge >= 0.3 is 6.03 Å². The molecule has 0 atom stereocenters. The summed E-state index contributed by atoms with van der Waals surface area (Å²) in [4.78, 5) is 11.4. The first-order chi connectivity index (χ1) is 8.97. The molecule has 4 heteroatoms. The number of rotatable bonds is 6. The number of amides is 2. The molecule has 0 aromatic carbocycles. The van der Waals surface area contributed by atoms with Crippen molar-refractivity contribution in [1.82, 2.24) is 15.2 Å². The Morgan fingerprint density at radius 2 is 1.89 bits per heavy atom. The minimum atomic E-state index is -0.0699. The van der Waals surface area contributed by atoms with E-state index in [0.717, 1.165) is 19.4 Å². The Balaban J connectivity index is 2.50. The number of carbonyl (C=O) groups excluding carboxylic acids is 1. The topological polar surface area (TPSA) is 46.1 Å². The van der Waals surface area contributed by atoms with Crippen molar-refractivity contribution in [3.05, 3.63) is 23.0 Å². The Hall–Kier alpha value is -1.45. The normalized spacial score (nSPS) is 10.8. The van der Waals surface area contributed by atoms with Crippen LogP contribution in [0.3, 0.4) is 0 Å². The Morgan fingerprint density at radius 1 is 1.26 bits per heavy atom. The summed E-state index contributed by atoms with van der Waals surface area (Å²) < 4.78 is 2.34. The summed E-state index contributed by atoms with van der Waals surface area (Å²) in [5.41, 5.74) is 3.92. The van der Waals surface area contributed by atoms with Crippen LogP contribution in [0, 0.1) is 13.8 Å². The molecule has 2 N–H and O–H groups in total. The van der Waals surface area contributed by atoms with Crippen LogP contribution in [0.15, 0.2) is 6.07 Å². The zero-order chi connectivity index (χ0) is 14.4. The number of aromatic nitrogens is 1. The Labute approximate surface area is 116 Å². The summed E-state index contributed by atoms with van der Waals surface area (Å²) in [5.74, 6) is 0. The monoisotopic (exact) mass is 265 g/mol. The molecule has 0 aliphatic rings. The van der Waals surface area contributed by atoms with E-state index in [1.54, 1.807) is 0 Å². The lowest BCUT2D eigenvalue weighted by Gasteiger charge is -2.14. The van der Waals surface area contributed by atoms with E-state index >= 15 is 0 Å². The summed E-state index contributed by atoms with van der Waals surface area (Å²) in [5, 5.41) is 5.70. The molecule has 0 spiro atoms. The molecule has 0 aliphatic carbocycles. The molecule has 108 valence electrons. The van der Waals surface area contributed by atoms with Crippen molar-refractivity contribution >= 4 is 6.03 Å². The third-order valence-electron chi connectivity index (χ3n) is 3.32. The van der Waals surface area contributed by atoms with Gasteiger partial charge in [-0.15, -0.1) is 0 Å². The Kier molecular flexibility index (Phi) is 5.93. The van der Waals surface area contributed by atoms with E-state index in [9.17, 15) is 4.79 Å². The maximum Gasteiger partial charge on any atom is 0.314 e. The molecule has 1 aromatic rings. The van der Waals surface area contributed by atoms with Crippen LogP contribution in [-0.2, 0) is 6.42 Å². The number of hydrogen-bond acceptors (Lipinski definition) is 1. The van der Waals surface area contributed by atoms with Gasteiger partial charge < -0.3 is 15.2 Å². The average Bonchev–Trinajstić information content (AvgIpc) is 2.62. The van der Waals surface area contributed by atoms with Crippen LogP contribution in [0.4, 0.5) is 4.79 Å². The quantitative estimate of drug-likeness (QED) is 0.816. The van der Waals surface area contributed by atoms with Crippen molar-refractivity contribution < 1.29 is 4.79 Å². The maximum absolute atomic E-state index is 11.4. The van der Waals surface area contributed by atoms with Crippen LogP contribution in [0.25, 0.3) is 0 Å². The third kappa shape index (κ3) is 4.30. The van der Waals surface area contributed by atoms with Gasteiger partial charge in [0.25, 0.3) is 0 Å². The van der Waals surface area contributed by atoms with Crippen molar-refractivity contribution in [2.75, 3.05) is 13.1 Å². The van der Waals surface area contributed by atoms with Crippen molar-refractivity contribution in [2.45, 2.75) is 53.5 Å². The number of urea groups is 1. The van der Waals surface area contributed by atoms with E-state index < -0.39 is 0 Å². The lowest BCUT2D eigenvalue weighted by atomic mass is 10.2.